The van der Waals surface area contributed by atoms with E-state index >= 15 is 0 Å². The van der Waals surface area contributed by atoms with Gasteiger partial charge >= 0.3 is 0 Å². The molecule has 1 aliphatic heterocycles. The van der Waals surface area contributed by atoms with Crippen molar-refractivity contribution in [1.82, 2.24) is 9.80 Å². The van der Waals surface area contributed by atoms with Crippen LogP contribution < -0.4 is 11.1 Å². The molecule has 106 valence electrons. The van der Waals surface area contributed by atoms with E-state index in [-0.39, 0.29) is 0 Å². The summed E-state index contributed by atoms with van der Waals surface area (Å²) < 4.78 is 0. The lowest BCUT2D eigenvalue weighted by atomic mass is 10.2. The normalized spacial score (nSPS) is 17.6. The predicted molar refractivity (Wildman–Crippen MR) is 83.3 cm³/mol. The first kappa shape index (κ1) is 14.7. The molecule has 0 aromatic heterocycles. The minimum Gasteiger partial charge on any atom is -0.397 e. The summed E-state index contributed by atoms with van der Waals surface area (Å²) in [5.41, 5.74) is 7.38. The zero-order valence-corrected chi connectivity index (χ0v) is 12.6. The van der Waals surface area contributed by atoms with E-state index in [9.17, 15) is 0 Å². The Balaban J connectivity index is 1.81. The number of benzene rings is 1. The van der Waals surface area contributed by atoms with Gasteiger partial charge in [0.1, 0.15) is 0 Å². The van der Waals surface area contributed by atoms with Gasteiger partial charge in [-0.1, -0.05) is 23.2 Å². The Morgan fingerprint density at radius 2 is 1.79 bits per heavy atom. The highest BCUT2D eigenvalue weighted by atomic mass is 35.5. The molecule has 0 aliphatic carbocycles. The third-order valence-corrected chi connectivity index (χ3v) is 4.15. The second kappa shape index (κ2) is 6.66. The molecule has 0 atom stereocenters. The number of nitrogens with two attached hydrogens (primary N) is 1. The number of nitrogens with zero attached hydrogens (tertiary/aromatic N) is 2. The minimum absolute atomic E-state index is 0.490. The van der Waals surface area contributed by atoms with E-state index in [4.69, 9.17) is 28.9 Å². The van der Waals surface area contributed by atoms with Gasteiger partial charge in [0, 0.05) is 39.3 Å². The first-order chi connectivity index (χ1) is 9.06. The van der Waals surface area contributed by atoms with Crippen molar-refractivity contribution in [3.8, 4) is 0 Å². The highest BCUT2D eigenvalue weighted by Crippen LogP contribution is 2.30. The lowest BCUT2D eigenvalue weighted by molar-refractivity contribution is 0.158. The van der Waals surface area contributed by atoms with E-state index < -0.39 is 0 Å². The molecule has 1 saturated heterocycles. The van der Waals surface area contributed by atoms with Crippen LogP contribution in [0.15, 0.2) is 12.1 Å². The summed E-state index contributed by atoms with van der Waals surface area (Å²) >= 11 is 11.9. The number of halogens is 2. The largest absolute Gasteiger partial charge is 0.397 e. The van der Waals surface area contributed by atoms with Gasteiger partial charge in [0.25, 0.3) is 0 Å². The molecular formula is C13H20Cl2N4. The van der Waals surface area contributed by atoms with Crippen molar-refractivity contribution >= 4 is 34.6 Å². The number of likely N-dealkylation sites (N-methyl/N-ethyl adjacent to an activating group) is 1. The van der Waals surface area contributed by atoms with E-state index in [1.54, 1.807) is 12.1 Å². The molecular weight excluding hydrogens is 283 g/mol. The van der Waals surface area contributed by atoms with Crippen LogP contribution in [0.3, 0.4) is 0 Å². The maximum absolute atomic E-state index is 5.99. The lowest BCUT2D eigenvalue weighted by Gasteiger charge is -2.32. The number of nitrogen functional groups attached to an aromatic ring is 1. The van der Waals surface area contributed by atoms with Crippen LogP contribution >= 0.6 is 23.2 Å². The highest BCUT2D eigenvalue weighted by Gasteiger charge is 2.13. The Morgan fingerprint density at radius 3 is 2.47 bits per heavy atom. The smallest absolute Gasteiger partial charge is 0.0614 e. The molecule has 0 amide bonds. The fourth-order valence-electron chi connectivity index (χ4n) is 2.14. The summed E-state index contributed by atoms with van der Waals surface area (Å²) in [7, 11) is 2.16. The van der Waals surface area contributed by atoms with Crippen molar-refractivity contribution in [1.29, 1.82) is 0 Å². The van der Waals surface area contributed by atoms with Crippen LogP contribution in [0.1, 0.15) is 0 Å². The molecule has 1 aliphatic rings. The average Bonchev–Trinajstić information content (AvgIpc) is 2.38. The quantitative estimate of drug-likeness (QED) is 0.837. The van der Waals surface area contributed by atoms with Gasteiger partial charge in [0.15, 0.2) is 0 Å². The maximum atomic E-state index is 5.99. The number of hydrogen-bond donors (Lipinski definition) is 2. The molecule has 0 spiro atoms. The van der Waals surface area contributed by atoms with Crippen LogP contribution in [-0.2, 0) is 0 Å². The molecule has 1 heterocycles. The third-order valence-electron chi connectivity index (χ3n) is 3.43. The van der Waals surface area contributed by atoms with E-state index in [0.717, 1.165) is 45.0 Å². The summed E-state index contributed by atoms with van der Waals surface area (Å²) in [4.78, 5) is 4.79. The van der Waals surface area contributed by atoms with Gasteiger partial charge in [-0.05, 0) is 19.2 Å². The SMILES string of the molecule is CN1CCN(CCNc2cc(Cl)c(Cl)cc2N)CC1. The molecule has 0 radical (unpaired) electrons. The Hall–Kier alpha value is -0.680. The summed E-state index contributed by atoms with van der Waals surface area (Å²) in [6.07, 6.45) is 0. The topological polar surface area (TPSA) is 44.5 Å². The van der Waals surface area contributed by atoms with Crippen LogP contribution in [0.25, 0.3) is 0 Å². The van der Waals surface area contributed by atoms with Gasteiger partial charge in [-0.2, -0.15) is 0 Å². The Kier molecular flexibility index (Phi) is 5.16. The lowest BCUT2D eigenvalue weighted by Crippen LogP contribution is -2.45. The molecule has 2 rings (SSSR count). The molecule has 3 N–H and O–H groups in total. The fourth-order valence-corrected chi connectivity index (χ4v) is 2.47. The summed E-state index contributed by atoms with van der Waals surface area (Å²) in [5.74, 6) is 0. The minimum atomic E-state index is 0.490. The van der Waals surface area contributed by atoms with Crippen molar-refractivity contribution in [3.05, 3.63) is 22.2 Å². The van der Waals surface area contributed by atoms with Crippen molar-refractivity contribution < 1.29 is 0 Å². The van der Waals surface area contributed by atoms with Crippen molar-refractivity contribution in [3.63, 3.8) is 0 Å². The Labute approximate surface area is 124 Å². The zero-order chi connectivity index (χ0) is 13.8. The molecule has 1 fully saturated rings. The van der Waals surface area contributed by atoms with Gasteiger partial charge in [0.2, 0.25) is 0 Å². The van der Waals surface area contributed by atoms with E-state index in [1.807, 2.05) is 0 Å². The molecule has 4 nitrogen and oxygen atoms in total. The van der Waals surface area contributed by atoms with Gasteiger partial charge in [-0.3, -0.25) is 4.90 Å². The van der Waals surface area contributed by atoms with Crippen LogP contribution in [0.4, 0.5) is 11.4 Å². The first-order valence-electron chi connectivity index (χ1n) is 6.45. The average molecular weight is 303 g/mol. The molecule has 1 aromatic carbocycles. The first-order valence-corrected chi connectivity index (χ1v) is 7.21. The second-order valence-corrected chi connectivity index (χ2v) is 5.74. The predicted octanol–water partition coefficient (Wildman–Crippen LogP) is 2.23. The monoisotopic (exact) mass is 302 g/mol. The van der Waals surface area contributed by atoms with E-state index in [2.05, 4.69) is 22.2 Å². The van der Waals surface area contributed by atoms with Gasteiger partial charge < -0.3 is 16.0 Å². The fraction of sp³-hybridized carbons (Fsp3) is 0.538. The number of rotatable bonds is 4. The second-order valence-electron chi connectivity index (χ2n) is 4.93. The number of anilines is 2. The summed E-state index contributed by atoms with van der Waals surface area (Å²) in [6.45, 7) is 6.37. The zero-order valence-electron chi connectivity index (χ0n) is 11.1. The highest BCUT2D eigenvalue weighted by molar-refractivity contribution is 6.42. The van der Waals surface area contributed by atoms with Crippen LogP contribution in [-0.4, -0.2) is 56.1 Å². The molecule has 1 aromatic rings. The van der Waals surface area contributed by atoms with Crippen LogP contribution in [0.2, 0.25) is 10.0 Å². The Bertz CT molecular complexity index is 431. The molecule has 19 heavy (non-hydrogen) atoms. The standard InChI is InChI=1S/C13H20Cl2N4/c1-18-4-6-19(7-5-18)3-2-17-13-9-11(15)10(14)8-12(13)16/h8-9,17H,2-7,16H2,1H3. The van der Waals surface area contributed by atoms with Crippen molar-refractivity contribution in [2.24, 2.45) is 0 Å². The summed E-state index contributed by atoms with van der Waals surface area (Å²) in [5, 5.41) is 4.33. The van der Waals surface area contributed by atoms with Crippen molar-refractivity contribution in [2.45, 2.75) is 0 Å². The van der Waals surface area contributed by atoms with Gasteiger partial charge in [-0.25, -0.2) is 0 Å². The van der Waals surface area contributed by atoms with Crippen LogP contribution in [0, 0.1) is 0 Å². The molecule has 0 bridgehead atoms. The maximum Gasteiger partial charge on any atom is 0.0614 e. The number of piperazine rings is 1. The van der Waals surface area contributed by atoms with Gasteiger partial charge in [-0.15, -0.1) is 0 Å². The number of nitrogens with one attached hydrogen (secondary N) is 1. The van der Waals surface area contributed by atoms with Crippen LogP contribution in [0.5, 0.6) is 0 Å². The third kappa shape index (κ3) is 4.14. The molecule has 0 unspecified atom stereocenters. The Morgan fingerprint density at radius 1 is 1.16 bits per heavy atom. The number of hydrogen-bond acceptors (Lipinski definition) is 4. The van der Waals surface area contributed by atoms with E-state index in [1.165, 1.54) is 0 Å². The molecule has 0 saturated carbocycles. The summed E-state index contributed by atoms with van der Waals surface area (Å²) in [6, 6.07) is 3.46. The molecule has 6 heteroatoms. The van der Waals surface area contributed by atoms with E-state index in [0.29, 0.717) is 15.7 Å². The van der Waals surface area contributed by atoms with Crippen molar-refractivity contribution in [2.75, 3.05) is 57.4 Å². The van der Waals surface area contributed by atoms with Gasteiger partial charge in [0.05, 0.1) is 21.4 Å².